The minimum Gasteiger partial charge on any atom is -0.326 e. The van der Waals surface area contributed by atoms with Crippen molar-refractivity contribution in [1.82, 2.24) is 0 Å². The van der Waals surface area contributed by atoms with E-state index in [4.69, 9.17) is 5.73 Å². The highest BCUT2D eigenvalue weighted by Crippen LogP contribution is 2.16. The van der Waals surface area contributed by atoms with Crippen LogP contribution >= 0.6 is 0 Å². The molecule has 0 heterocycles. The highest BCUT2D eigenvalue weighted by Gasteiger charge is 2.08. The number of rotatable bonds is 3. The molecule has 0 unspecified atom stereocenters. The summed E-state index contributed by atoms with van der Waals surface area (Å²) in [5.74, 6) is -1.05. The van der Waals surface area contributed by atoms with Crippen molar-refractivity contribution < 1.29 is 8.78 Å². The van der Waals surface area contributed by atoms with Crippen LogP contribution in [-0.2, 0) is 13.0 Å². The van der Waals surface area contributed by atoms with E-state index in [0.717, 1.165) is 11.1 Å². The highest BCUT2D eigenvalue weighted by atomic mass is 19.1. The molecule has 1 nitrogen and oxygen atoms in total. The Bertz CT molecular complexity index is 486. The molecule has 0 amide bonds. The summed E-state index contributed by atoms with van der Waals surface area (Å²) in [6.45, 7) is 0.435. The molecule has 0 saturated heterocycles. The third kappa shape index (κ3) is 2.68. The standard InChI is InChI=1S/C14H12F2N/c15-13-2-1-3-14(16)12(13)8-10-4-6-11(9-17)7-5-10/h1-4,6-7H,8-9,17H2. The number of hydrogen-bond acceptors (Lipinski definition) is 1. The van der Waals surface area contributed by atoms with Crippen molar-refractivity contribution in [3.63, 3.8) is 0 Å². The van der Waals surface area contributed by atoms with Crippen LogP contribution in [0.4, 0.5) is 8.78 Å². The fourth-order valence-electron chi connectivity index (χ4n) is 1.62. The van der Waals surface area contributed by atoms with Crippen molar-refractivity contribution in [1.29, 1.82) is 0 Å². The predicted molar refractivity (Wildman–Crippen MR) is 62.3 cm³/mol. The molecule has 0 saturated carbocycles. The maximum atomic E-state index is 13.4. The number of nitrogens with two attached hydrogens (primary N) is 1. The molecule has 0 fully saturated rings. The molecule has 2 aromatic rings. The Hall–Kier alpha value is -1.74. The van der Waals surface area contributed by atoms with Crippen molar-refractivity contribution in [2.75, 3.05) is 0 Å². The lowest BCUT2D eigenvalue weighted by molar-refractivity contribution is 0.561. The van der Waals surface area contributed by atoms with Gasteiger partial charge in [0.05, 0.1) is 0 Å². The lowest BCUT2D eigenvalue weighted by Gasteiger charge is -2.05. The molecule has 2 rings (SSSR count). The summed E-state index contributed by atoms with van der Waals surface area (Å²) in [4.78, 5) is 0. The van der Waals surface area contributed by atoms with E-state index in [2.05, 4.69) is 6.07 Å². The van der Waals surface area contributed by atoms with E-state index in [1.807, 2.05) is 6.07 Å². The van der Waals surface area contributed by atoms with Gasteiger partial charge in [0.25, 0.3) is 0 Å². The quantitative estimate of drug-likeness (QED) is 0.865. The fourth-order valence-corrected chi connectivity index (χ4v) is 1.62. The average Bonchev–Trinajstić information content (AvgIpc) is 2.35. The van der Waals surface area contributed by atoms with Gasteiger partial charge in [-0.15, -0.1) is 0 Å². The second-order valence-electron chi connectivity index (χ2n) is 3.80. The highest BCUT2D eigenvalue weighted by molar-refractivity contribution is 5.29. The summed E-state index contributed by atoms with van der Waals surface area (Å²) < 4.78 is 26.8. The maximum absolute atomic E-state index is 13.4. The average molecular weight is 232 g/mol. The molecule has 3 heteroatoms. The van der Waals surface area contributed by atoms with Gasteiger partial charge in [-0.2, -0.15) is 0 Å². The topological polar surface area (TPSA) is 26.0 Å². The zero-order valence-corrected chi connectivity index (χ0v) is 9.21. The van der Waals surface area contributed by atoms with Crippen molar-refractivity contribution in [2.24, 2.45) is 5.73 Å². The van der Waals surface area contributed by atoms with Crippen molar-refractivity contribution >= 4 is 0 Å². The third-order valence-electron chi connectivity index (χ3n) is 2.61. The Morgan fingerprint density at radius 3 is 2.29 bits per heavy atom. The molecule has 0 aromatic heterocycles. The van der Waals surface area contributed by atoms with Gasteiger partial charge in [-0.05, 0) is 35.4 Å². The molecule has 87 valence electrons. The van der Waals surface area contributed by atoms with Crippen LogP contribution in [0.15, 0.2) is 36.4 Å². The molecule has 0 bridgehead atoms. The van der Waals surface area contributed by atoms with Crippen molar-refractivity contribution in [3.05, 3.63) is 70.8 Å². The summed E-state index contributed by atoms with van der Waals surface area (Å²) in [6.07, 6.45) is 0.198. The van der Waals surface area contributed by atoms with E-state index in [0.29, 0.717) is 6.54 Å². The SMILES string of the molecule is NCc1c[c]c(Cc2c(F)cccc2F)cc1. The van der Waals surface area contributed by atoms with Crippen LogP contribution in [0, 0.1) is 17.7 Å². The Morgan fingerprint density at radius 1 is 1.06 bits per heavy atom. The van der Waals surface area contributed by atoms with Gasteiger partial charge in [-0.25, -0.2) is 8.78 Å². The minimum absolute atomic E-state index is 0.0734. The van der Waals surface area contributed by atoms with Gasteiger partial charge >= 0.3 is 0 Å². The fraction of sp³-hybridized carbons (Fsp3) is 0.143. The smallest absolute Gasteiger partial charge is 0.129 e. The van der Waals surface area contributed by atoms with Gasteiger partial charge in [0.2, 0.25) is 0 Å². The van der Waals surface area contributed by atoms with Crippen LogP contribution in [0.5, 0.6) is 0 Å². The first-order valence-electron chi connectivity index (χ1n) is 5.33. The molecule has 1 radical (unpaired) electrons. The van der Waals surface area contributed by atoms with Gasteiger partial charge in [0.15, 0.2) is 0 Å². The van der Waals surface area contributed by atoms with E-state index in [1.54, 1.807) is 12.1 Å². The molecule has 0 aliphatic carbocycles. The molecular formula is C14H12F2N. The first kappa shape index (κ1) is 11.7. The van der Waals surface area contributed by atoms with Gasteiger partial charge in [0.1, 0.15) is 11.6 Å². The van der Waals surface area contributed by atoms with Crippen molar-refractivity contribution in [2.45, 2.75) is 13.0 Å². The van der Waals surface area contributed by atoms with Crippen molar-refractivity contribution in [3.8, 4) is 0 Å². The number of halogens is 2. The Labute approximate surface area is 98.9 Å². The summed E-state index contributed by atoms with van der Waals surface area (Å²) >= 11 is 0. The molecule has 0 aliphatic rings. The van der Waals surface area contributed by atoms with Gasteiger partial charge in [0, 0.05) is 18.5 Å². The lowest BCUT2D eigenvalue weighted by atomic mass is 10.0. The molecule has 0 aliphatic heterocycles. The number of benzene rings is 2. The maximum Gasteiger partial charge on any atom is 0.129 e. The lowest BCUT2D eigenvalue weighted by Crippen LogP contribution is -1.99. The van der Waals surface area contributed by atoms with Crippen LogP contribution in [0.1, 0.15) is 16.7 Å². The minimum atomic E-state index is -0.527. The molecule has 2 aromatic carbocycles. The molecule has 0 atom stereocenters. The Kier molecular flexibility index (Phi) is 3.49. The van der Waals surface area contributed by atoms with Gasteiger partial charge < -0.3 is 5.73 Å². The largest absolute Gasteiger partial charge is 0.326 e. The van der Waals surface area contributed by atoms with Crippen LogP contribution in [-0.4, -0.2) is 0 Å². The van der Waals surface area contributed by atoms with E-state index in [9.17, 15) is 8.78 Å². The summed E-state index contributed by atoms with van der Waals surface area (Å²) in [5, 5.41) is 0. The van der Waals surface area contributed by atoms with E-state index in [1.165, 1.54) is 18.2 Å². The molecular weight excluding hydrogens is 220 g/mol. The molecule has 0 spiro atoms. The Balaban J connectivity index is 2.25. The molecule has 17 heavy (non-hydrogen) atoms. The Morgan fingerprint density at radius 2 is 1.76 bits per heavy atom. The van der Waals surface area contributed by atoms with Crippen LogP contribution in [0.3, 0.4) is 0 Å². The van der Waals surface area contributed by atoms with E-state index >= 15 is 0 Å². The number of hydrogen-bond donors (Lipinski definition) is 1. The predicted octanol–water partition coefficient (Wildman–Crippen LogP) is 2.81. The second-order valence-corrected chi connectivity index (χ2v) is 3.80. The van der Waals surface area contributed by atoms with E-state index in [-0.39, 0.29) is 12.0 Å². The summed E-state index contributed by atoms with van der Waals surface area (Å²) in [6, 6.07) is 12.2. The van der Waals surface area contributed by atoms with E-state index < -0.39 is 11.6 Å². The normalized spacial score (nSPS) is 10.5. The first-order chi connectivity index (χ1) is 8.20. The van der Waals surface area contributed by atoms with Crippen LogP contribution < -0.4 is 5.73 Å². The monoisotopic (exact) mass is 232 g/mol. The van der Waals surface area contributed by atoms with Crippen LogP contribution in [0.2, 0.25) is 0 Å². The first-order valence-corrected chi connectivity index (χ1v) is 5.33. The molecule has 2 N–H and O–H groups in total. The summed E-state index contributed by atoms with van der Waals surface area (Å²) in [5.41, 5.74) is 7.22. The zero-order valence-electron chi connectivity index (χ0n) is 9.21. The van der Waals surface area contributed by atoms with Gasteiger partial charge in [-0.3, -0.25) is 0 Å². The third-order valence-corrected chi connectivity index (χ3v) is 2.61. The zero-order chi connectivity index (χ0) is 12.3. The summed E-state index contributed by atoms with van der Waals surface area (Å²) in [7, 11) is 0. The van der Waals surface area contributed by atoms with Gasteiger partial charge in [-0.1, -0.05) is 18.2 Å². The van der Waals surface area contributed by atoms with Crippen LogP contribution in [0.25, 0.3) is 0 Å². The second kappa shape index (κ2) is 5.06.